The molecule has 4 aromatic rings. The molecule has 0 amide bonds. The fraction of sp³-hybridized carbons (Fsp3) is 0.400. The van der Waals surface area contributed by atoms with Crippen molar-refractivity contribution >= 4 is 22.4 Å². The summed E-state index contributed by atoms with van der Waals surface area (Å²) in [4.78, 5) is 24.6. The highest BCUT2D eigenvalue weighted by atomic mass is 16.5. The highest BCUT2D eigenvalue weighted by molar-refractivity contribution is 5.98. The van der Waals surface area contributed by atoms with Crippen molar-refractivity contribution in [2.75, 3.05) is 44.7 Å². The number of benzene rings is 1. The van der Waals surface area contributed by atoms with E-state index in [-0.39, 0.29) is 12.2 Å². The van der Waals surface area contributed by atoms with E-state index in [9.17, 15) is 4.79 Å². The number of aryl methyl sites for hydroxylation is 1. The van der Waals surface area contributed by atoms with Crippen molar-refractivity contribution in [1.82, 2.24) is 30.0 Å². The SMILES string of the molecule is Cn1ncc(-c2ccc3cnc(CC(=O)c4ccnc(NC5CCNCC5)c4)cc3c2)c1CN1CCOCC1. The minimum absolute atomic E-state index is 0.0359. The van der Waals surface area contributed by atoms with Crippen LogP contribution in [0.15, 0.2) is 55.0 Å². The molecule has 0 radical (unpaired) electrons. The van der Waals surface area contributed by atoms with Gasteiger partial charge in [0.2, 0.25) is 0 Å². The highest BCUT2D eigenvalue weighted by Gasteiger charge is 2.18. The largest absolute Gasteiger partial charge is 0.379 e. The third-order valence-electron chi connectivity index (χ3n) is 7.74. The van der Waals surface area contributed by atoms with Crippen LogP contribution in [0.25, 0.3) is 21.9 Å². The number of rotatable bonds is 8. The van der Waals surface area contributed by atoms with Crippen LogP contribution in [0, 0.1) is 0 Å². The third-order valence-corrected chi connectivity index (χ3v) is 7.74. The summed E-state index contributed by atoms with van der Waals surface area (Å²) in [5.74, 6) is 0.794. The molecule has 3 aromatic heterocycles. The molecule has 0 aliphatic carbocycles. The summed E-state index contributed by atoms with van der Waals surface area (Å²) in [6.07, 6.45) is 7.86. The molecule has 0 unspecified atom stereocenters. The van der Waals surface area contributed by atoms with E-state index in [4.69, 9.17) is 4.74 Å². The van der Waals surface area contributed by atoms with E-state index in [0.717, 1.165) is 92.2 Å². The van der Waals surface area contributed by atoms with Gasteiger partial charge in [-0.15, -0.1) is 0 Å². The number of aromatic nitrogens is 4. The average molecular weight is 526 g/mol. The highest BCUT2D eigenvalue weighted by Crippen LogP contribution is 2.28. The number of nitrogens with zero attached hydrogens (tertiary/aromatic N) is 5. The van der Waals surface area contributed by atoms with Crippen LogP contribution in [-0.2, 0) is 24.8 Å². The molecular formula is C30H35N7O2. The molecule has 0 saturated carbocycles. The van der Waals surface area contributed by atoms with Crippen molar-refractivity contribution in [1.29, 1.82) is 0 Å². The van der Waals surface area contributed by atoms with Crippen molar-refractivity contribution < 1.29 is 9.53 Å². The lowest BCUT2D eigenvalue weighted by Crippen LogP contribution is -2.36. The number of morpholine rings is 1. The molecule has 2 aliphatic rings. The van der Waals surface area contributed by atoms with Gasteiger partial charge in [0.25, 0.3) is 0 Å². The fourth-order valence-electron chi connectivity index (χ4n) is 5.44. The van der Waals surface area contributed by atoms with Gasteiger partial charge in [-0.1, -0.05) is 12.1 Å². The van der Waals surface area contributed by atoms with Gasteiger partial charge in [0.15, 0.2) is 5.78 Å². The lowest BCUT2D eigenvalue weighted by atomic mass is 10.0. The van der Waals surface area contributed by atoms with Crippen LogP contribution in [0.2, 0.25) is 0 Å². The van der Waals surface area contributed by atoms with E-state index in [1.165, 1.54) is 5.69 Å². The number of pyridine rings is 2. The molecule has 2 N–H and O–H groups in total. The second kappa shape index (κ2) is 11.6. The van der Waals surface area contributed by atoms with Crippen LogP contribution in [-0.4, -0.2) is 75.9 Å². The number of ether oxygens (including phenoxy) is 1. The Balaban J connectivity index is 1.19. The molecule has 2 saturated heterocycles. The Bertz CT molecular complexity index is 1450. The first kappa shape index (κ1) is 25.6. The first-order valence-electron chi connectivity index (χ1n) is 13.8. The van der Waals surface area contributed by atoms with Gasteiger partial charge in [-0.3, -0.25) is 19.4 Å². The number of hydrogen-bond acceptors (Lipinski definition) is 8. The van der Waals surface area contributed by atoms with Crippen molar-refractivity contribution in [3.05, 3.63) is 71.9 Å². The summed E-state index contributed by atoms with van der Waals surface area (Å²) in [5, 5.41) is 13.5. The van der Waals surface area contributed by atoms with Crippen LogP contribution < -0.4 is 10.6 Å². The normalized spacial score (nSPS) is 16.9. The second-order valence-corrected chi connectivity index (χ2v) is 10.5. The number of ketones is 1. The molecule has 9 heteroatoms. The zero-order valence-electron chi connectivity index (χ0n) is 22.4. The number of carbonyl (C=O) groups excluding carboxylic acids is 1. The lowest BCUT2D eigenvalue weighted by Gasteiger charge is -2.27. The van der Waals surface area contributed by atoms with Crippen LogP contribution >= 0.6 is 0 Å². The molecule has 39 heavy (non-hydrogen) atoms. The van der Waals surface area contributed by atoms with Gasteiger partial charge < -0.3 is 15.4 Å². The molecule has 2 fully saturated rings. The molecule has 6 rings (SSSR count). The molecule has 0 spiro atoms. The van der Waals surface area contributed by atoms with E-state index in [2.05, 4.69) is 48.8 Å². The number of hydrogen-bond donors (Lipinski definition) is 2. The van der Waals surface area contributed by atoms with Crippen molar-refractivity contribution in [3.8, 4) is 11.1 Å². The van der Waals surface area contributed by atoms with Gasteiger partial charge in [0, 0.05) is 67.3 Å². The maximum Gasteiger partial charge on any atom is 0.169 e. The van der Waals surface area contributed by atoms with E-state index in [1.807, 2.05) is 36.3 Å². The molecule has 0 atom stereocenters. The number of carbonyl (C=O) groups is 1. The summed E-state index contributed by atoms with van der Waals surface area (Å²) < 4.78 is 7.48. The molecule has 202 valence electrons. The van der Waals surface area contributed by atoms with Gasteiger partial charge >= 0.3 is 0 Å². The van der Waals surface area contributed by atoms with Gasteiger partial charge in [-0.2, -0.15) is 5.10 Å². The predicted molar refractivity (Wildman–Crippen MR) is 152 cm³/mol. The lowest BCUT2D eigenvalue weighted by molar-refractivity contribution is 0.0332. The maximum absolute atomic E-state index is 13.2. The van der Waals surface area contributed by atoms with E-state index in [0.29, 0.717) is 11.6 Å². The van der Waals surface area contributed by atoms with Crippen LogP contribution in [0.4, 0.5) is 5.82 Å². The van der Waals surface area contributed by atoms with Crippen LogP contribution in [0.1, 0.15) is 34.6 Å². The molecule has 9 nitrogen and oxygen atoms in total. The predicted octanol–water partition coefficient (Wildman–Crippen LogP) is 3.45. The monoisotopic (exact) mass is 525 g/mol. The summed E-state index contributed by atoms with van der Waals surface area (Å²) in [6, 6.07) is 12.5. The summed E-state index contributed by atoms with van der Waals surface area (Å²) in [6.45, 7) is 6.24. The van der Waals surface area contributed by atoms with E-state index >= 15 is 0 Å². The molecular weight excluding hydrogens is 490 g/mol. The number of fused-ring (bicyclic) bond motifs is 1. The Labute approximate surface area is 228 Å². The van der Waals surface area contributed by atoms with E-state index < -0.39 is 0 Å². The number of nitrogens with one attached hydrogen (secondary N) is 2. The minimum Gasteiger partial charge on any atom is -0.379 e. The standard InChI is InChI=1S/C30H35N7O2/c1-36-28(20-37-10-12-39-13-11-37)27(19-34-36)21-2-3-23-18-33-26(15-24(23)14-21)17-29(38)22-4-9-32-30(16-22)35-25-5-7-31-8-6-25/h2-4,9,14-16,18-19,25,31H,5-8,10-13,17,20H2,1H3,(H,32,35). The average Bonchev–Trinajstić information content (AvgIpc) is 3.33. The van der Waals surface area contributed by atoms with Gasteiger partial charge in [-0.05, 0) is 61.1 Å². The smallest absolute Gasteiger partial charge is 0.169 e. The van der Waals surface area contributed by atoms with Gasteiger partial charge in [-0.25, -0.2) is 4.98 Å². The minimum atomic E-state index is 0.0359. The fourth-order valence-corrected chi connectivity index (χ4v) is 5.44. The summed E-state index contributed by atoms with van der Waals surface area (Å²) >= 11 is 0. The topological polar surface area (TPSA) is 97.2 Å². The van der Waals surface area contributed by atoms with Crippen molar-refractivity contribution in [2.45, 2.75) is 31.8 Å². The Morgan fingerprint density at radius 2 is 1.90 bits per heavy atom. The van der Waals surface area contributed by atoms with Crippen molar-refractivity contribution in [2.24, 2.45) is 7.05 Å². The van der Waals surface area contributed by atoms with Crippen LogP contribution in [0.5, 0.6) is 0 Å². The molecule has 5 heterocycles. The second-order valence-electron chi connectivity index (χ2n) is 10.5. The Morgan fingerprint density at radius 3 is 2.74 bits per heavy atom. The Kier molecular flexibility index (Phi) is 7.62. The Morgan fingerprint density at radius 1 is 1.05 bits per heavy atom. The maximum atomic E-state index is 13.2. The van der Waals surface area contributed by atoms with Crippen molar-refractivity contribution in [3.63, 3.8) is 0 Å². The third kappa shape index (κ3) is 6.00. The summed E-state index contributed by atoms with van der Waals surface area (Å²) in [5.41, 5.74) is 4.84. The van der Waals surface area contributed by atoms with Gasteiger partial charge in [0.1, 0.15) is 5.82 Å². The van der Waals surface area contributed by atoms with E-state index in [1.54, 1.807) is 12.3 Å². The molecule has 1 aromatic carbocycles. The summed E-state index contributed by atoms with van der Waals surface area (Å²) in [7, 11) is 2.00. The van der Waals surface area contributed by atoms with Gasteiger partial charge in [0.05, 0.1) is 31.5 Å². The molecule has 2 aliphatic heterocycles. The quantitative estimate of drug-likeness (QED) is 0.338. The number of anilines is 1. The first-order valence-corrected chi connectivity index (χ1v) is 13.8. The zero-order valence-corrected chi connectivity index (χ0v) is 22.4. The molecule has 0 bridgehead atoms. The number of Topliss-reactive ketones (excluding diaryl/α,β-unsaturated/α-hetero) is 1. The first-order chi connectivity index (χ1) is 19.1. The zero-order chi connectivity index (χ0) is 26.6. The number of piperidine rings is 1. The van der Waals surface area contributed by atoms with Crippen LogP contribution in [0.3, 0.4) is 0 Å². The Hall–Kier alpha value is -3.66.